The fourth-order valence-electron chi connectivity index (χ4n) is 1.15. The van der Waals surface area contributed by atoms with E-state index in [9.17, 15) is 18.8 Å². The number of hydrogen-bond donors (Lipinski definition) is 2. The van der Waals surface area contributed by atoms with E-state index in [0.29, 0.717) is 4.68 Å². The molecule has 82 valence electrons. The lowest BCUT2D eigenvalue weighted by molar-refractivity contribution is 0.0698. The number of hydrogen-bond acceptors (Lipinski definition) is 4. The zero-order valence-corrected chi connectivity index (χ0v) is 7.73. The summed E-state index contributed by atoms with van der Waals surface area (Å²) in [6, 6.07) is 2.90. The maximum absolute atomic E-state index is 12.9. The Balaban J connectivity index is 2.42. The van der Waals surface area contributed by atoms with Crippen molar-refractivity contribution >= 4 is 11.7 Å². The number of carbonyl (C=O) groups is 1. The van der Waals surface area contributed by atoms with Gasteiger partial charge in [0.05, 0.1) is 11.3 Å². The lowest BCUT2D eigenvalue weighted by Crippen LogP contribution is -2.12. The first-order valence-electron chi connectivity index (χ1n) is 4.18. The molecule has 0 aliphatic carbocycles. The van der Waals surface area contributed by atoms with Crippen LogP contribution in [0.3, 0.4) is 0 Å². The molecule has 2 N–H and O–H groups in total. The van der Waals surface area contributed by atoms with E-state index in [1.54, 1.807) is 0 Å². The molecule has 1 aromatic carbocycles. The number of aromatic carboxylic acids is 1. The predicted octanol–water partition coefficient (Wildman–Crippen LogP) is -0.203. The van der Waals surface area contributed by atoms with Crippen LogP contribution in [0.2, 0.25) is 0 Å². The number of benzene rings is 1. The van der Waals surface area contributed by atoms with Crippen molar-refractivity contribution in [1.82, 2.24) is 4.68 Å². The first-order valence-corrected chi connectivity index (χ1v) is 4.18. The van der Waals surface area contributed by atoms with Gasteiger partial charge < -0.3 is 5.11 Å². The summed E-state index contributed by atoms with van der Waals surface area (Å²) >= 11 is 0. The van der Waals surface area contributed by atoms with Gasteiger partial charge in [0.1, 0.15) is 5.82 Å². The summed E-state index contributed by atoms with van der Waals surface area (Å²) in [5.74, 6) is -1.96. The second-order valence-corrected chi connectivity index (χ2v) is 3.05. The Morgan fingerprint density at radius 1 is 1.31 bits per heavy atom. The number of nitrogens with one attached hydrogen (secondary N) is 1. The van der Waals surface area contributed by atoms with Crippen molar-refractivity contribution in [1.29, 1.82) is 0 Å². The van der Waals surface area contributed by atoms with Crippen LogP contribution in [0, 0.1) is 5.82 Å². The van der Waals surface area contributed by atoms with Gasteiger partial charge in [0.2, 0.25) is 0 Å². The summed E-state index contributed by atoms with van der Waals surface area (Å²) in [6.45, 7) is 0. The van der Waals surface area contributed by atoms with E-state index in [1.165, 1.54) is 0 Å². The molecule has 6 nitrogen and oxygen atoms in total. The van der Waals surface area contributed by atoms with Gasteiger partial charge in [-0.1, -0.05) is 0 Å². The number of carboxylic acids is 1. The van der Waals surface area contributed by atoms with Crippen molar-refractivity contribution < 1.29 is 14.3 Å². The summed E-state index contributed by atoms with van der Waals surface area (Å²) in [4.78, 5) is 32.1. The van der Waals surface area contributed by atoms with E-state index in [4.69, 9.17) is 5.11 Å². The highest BCUT2D eigenvalue weighted by Crippen LogP contribution is 2.16. The van der Waals surface area contributed by atoms with Gasteiger partial charge in [-0.15, -0.1) is 0 Å². The van der Waals surface area contributed by atoms with Crippen molar-refractivity contribution in [2.75, 3.05) is 5.43 Å². The molecule has 0 atom stereocenters. The predicted molar refractivity (Wildman–Crippen MR) is 51.7 cm³/mol. The van der Waals surface area contributed by atoms with Crippen LogP contribution in [0.4, 0.5) is 10.1 Å². The third kappa shape index (κ3) is 1.58. The van der Waals surface area contributed by atoms with Gasteiger partial charge in [0, 0.05) is 0 Å². The van der Waals surface area contributed by atoms with Crippen molar-refractivity contribution in [3.05, 3.63) is 50.3 Å². The number of rotatable bonds is 3. The highest BCUT2D eigenvalue weighted by atomic mass is 19.1. The molecule has 0 unspecified atom stereocenters. The quantitative estimate of drug-likeness (QED) is 0.704. The molecule has 1 heterocycles. The number of anilines is 1. The SMILES string of the molecule is O=C(O)c1ccc(F)cc1Nn1c(=O)c1=O. The molecule has 7 heteroatoms. The molecule has 0 amide bonds. The lowest BCUT2D eigenvalue weighted by atomic mass is 10.2. The third-order valence-corrected chi connectivity index (χ3v) is 1.98. The minimum absolute atomic E-state index is 0.147. The molecule has 2 aromatic rings. The summed E-state index contributed by atoms with van der Waals surface area (Å²) in [7, 11) is 0. The molecule has 0 saturated heterocycles. The number of nitrogens with zero attached hydrogens (tertiary/aromatic N) is 1. The molecular weight excluding hydrogens is 219 g/mol. The molecule has 0 aliphatic heterocycles. The maximum atomic E-state index is 12.9. The number of aromatic nitrogens is 1. The van der Waals surface area contributed by atoms with Gasteiger partial charge in [-0.3, -0.25) is 15.0 Å². The molecule has 0 radical (unpaired) electrons. The van der Waals surface area contributed by atoms with Gasteiger partial charge in [0.25, 0.3) is 0 Å². The van der Waals surface area contributed by atoms with Crippen LogP contribution in [0.1, 0.15) is 10.4 Å². The van der Waals surface area contributed by atoms with E-state index >= 15 is 0 Å². The lowest BCUT2D eigenvalue weighted by Gasteiger charge is -2.05. The Hall–Kier alpha value is -2.44. The van der Waals surface area contributed by atoms with Crippen molar-refractivity contribution in [2.24, 2.45) is 0 Å². The first-order chi connectivity index (χ1) is 7.50. The summed E-state index contributed by atoms with van der Waals surface area (Å²) in [5, 5.41) is 8.77. The molecule has 0 saturated carbocycles. The van der Waals surface area contributed by atoms with Gasteiger partial charge in [-0.25, -0.2) is 9.18 Å². The largest absolute Gasteiger partial charge is 0.478 e. The Morgan fingerprint density at radius 2 is 1.94 bits per heavy atom. The molecule has 0 bridgehead atoms. The molecule has 0 aliphatic rings. The average molecular weight is 224 g/mol. The van der Waals surface area contributed by atoms with Crippen LogP contribution in [0.5, 0.6) is 0 Å². The third-order valence-electron chi connectivity index (χ3n) is 1.98. The topological polar surface area (TPSA) is 88.4 Å². The van der Waals surface area contributed by atoms with Crippen LogP contribution in [-0.4, -0.2) is 15.8 Å². The van der Waals surface area contributed by atoms with E-state index < -0.39 is 22.9 Å². The Morgan fingerprint density at radius 3 is 2.44 bits per heavy atom. The molecule has 2 rings (SSSR count). The first kappa shape index (κ1) is 10.1. The Bertz CT molecular complexity index is 614. The van der Waals surface area contributed by atoms with Crippen molar-refractivity contribution in [3.8, 4) is 0 Å². The molecule has 0 spiro atoms. The van der Waals surface area contributed by atoms with Gasteiger partial charge in [-0.2, -0.15) is 4.68 Å². The fourth-order valence-corrected chi connectivity index (χ4v) is 1.15. The number of carboxylic acid groups (broad SMARTS) is 1. The molecule has 1 aromatic heterocycles. The standard InChI is InChI=1S/C9H5FN2O4/c10-4-1-2-5(9(15)16)6(3-4)11-12-7(13)8(12)14/h1-3,11H,(H,15,16). The van der Waals surface area contributed by atoms with Crippen LogP contribution in [-0.2, 0) is 0 Å². The zero-order valence-electron chi connectivity index (χ0n) is 7.73. The van der Waals surface area contributed by atoms with Crippen molar-refractivity contribution in [2.45, 2.75) is 0 Å². The molecule has 16 heavy (non-hydrogen) atoms. The monoisotopic (exact) mass is 224 g/mol. The second-order valence-electron chi connectivity index (χ2n) is 3.05. The second kappa shape index (κ2) is 3.30. The van der Waals surface area contributed by atoms with E-state index in [-0.39, 0.29) is 11.3 Å². The molecular formula is C9H5FN2O4. The molecule has 0 fully saturated rings. The number of halogens is 1. The van der Waals surface area contributed by atoms with Gasteiger partial charge in [0.15, 0.2) is 0 Å². The van der Waals surface area contributed by atoms with Crippen LogP contribution in [0.15, 0.2) is 27.8 Å². The average Bonchev–Trinajstić information content (AvgIpc) is 2.75. The van der Waals surface area contributed by atoms with Crippen LogP contribution in [0.25, 0.3) is 0 Å². The van der Waals surface area contributed by atoms with E-state index in [1.807, 2.05) is 0 Å². The summed E-state index contributed by atoms with van der Waals surface area (Å²) < 4.78 is 13.5. The van der Waals surface area contributed by atoms with Crippen LogP contribution >= 0.6 is 0 Å². The smallest absolute Gasteiger partial charge is 0.340 e. The van der Waals surface area contributed by atoms with Gasteiger partial charge >= 0.3 is 17.1 Å². The zero-order chi connectivity index (χ0) is 11.9. The summed E-state index contributed by atoms with van der Waals surface area (Å²) in [6.07, 6.45) is 0. The van der Waals surface area contributed by atoms with Gasteiger partial charge in [-0.05, 0) is 18.2 Å². The van der Waals surface area contributed by atoms with E-state index in [0.717, 1.165) is 18.2 Å². The highest BCUT2D eigenvalue weighted by Gasteiger charge is 2.19. The fraction of sp³-hybridized carbons (Fsp3) is 0. The Labute approximate surface area is 87.2 Å². The normalized spacial score (nSPS) is 10.6. The van der Waals surface area contributed by atoms with Crippen LogP contribution < -0.4 is 16.5 Å². The maximum Gasteiger partial charge on any atom is 0.340 e. The van der Waals surface area contributed by atoms with Crippen molar-refractivity contribution in [3.63, 3.8) is 0 Å². The van der Waals surface area contributed by atoms with E-state index in [2.05, 4.69) is 5.43 Å². The minimum atomic E-state index is -1.29. The minimum Gasteiger partial charge on any atom is -0.478 e. The Kier molecular flexibility index (Phi) is 2.08. The highest BCUT2D eigenvalue weighted by molar-refractivity contribution is 5.94. The summed E-state index contributed by atoms with van der Waals surface area (Å²) in [5.41, 5.74) is 0.263.